The maximum atomic E-state index is 12.8. The van der Waals surface area contributed by atoms with Crippen LogP contribution in [0.25, 0.3) is 17.4 Å². The highest BCUT2D eigenvalue weighted by Crippen LogP contribution is 2.36. The van der Waals surface area contributed by atoms with Gasteiger partial charge in [0.1, 0.15) is 11.5 Å². The van der Waals surface area contributed by atoms with Crippen molar-refractivity contribution in [2.45, 2.75) is 6.54 Å². The van der Waals surface area contributed by atoms with E-state index in [-0.39, 0.29) is 28.3 Å². The Hall–Kier alpha value is -2.69. The normalized spacial score (nSPS) is 15.2. The molecular formula is C21H12Br2N2O5S. The summed E-state index contributed by atoms with van der Waals surface area (Å²) in [5.41, 5.74) is 1.42. The number of carbonyl (C=O) groups excluding carboxylic acids is 2. The van der Waals surface area contributed by atoms with Gasteiger partial charge in [-0.15, -0.1) is 0 Å². The molecular weight excluding hydrogens is 552 g/mol. The quantitative estimate of drug-likeness (QED) is 0.197. The molecule has 1 fully saturated rings. The van der Waals surface area contributed by atoms with Crippen molar-refractivity contribution in [3.63, 3.8) is 0 Å². The number of non-ortho nitro benzene ring substituents is 1. The zero-order valence-electron chi connectivity index (χ0n) is 15.6. The van der Waals surface area contributed by atoms with Crippen LogP contribution in [0, 0.1) is 10.1 Å². The molecule has 0 bridgehead atoms. The number of hydrogen-bond donors (Lipinski definition) is 0. The van der Waals surface area contributed by atoms with Gasteiger partial charge >= 0.3 is 0 Å². The standard InChI is InChI=1S/C21H12Br2N2O5S/c22-16-4-2-1-3-12(16)11-24-20(26)19(31-21(24)27)10-14-6-8-18(30-14)15-7-5-13(25(28)29)9-17(15)23/h1-10H,11H2/b19-10+. The van der Waals surface area contributed by atoms with E-state index in [0.29, 0.717) is 21.6 Å². The van der Waals surface area contributed by atoms with Gasteiger partial charge in [0.2, 0.25) is 0 Å². The molecule has 0 unspecified atom stereocenters. The number of carbonyl (C=O) groups is 2. The van der Waals surface area contributed by atoms with Gasteiger partial charge < -0.3 is 4.42 Å². The molecule has 156 valence electrons. The Morgan fingerprint density at radius 1 is 1.06 bits per heavy atom. The van der Waals surface area contributed by atoms with Crippen molar-refractivity contribution in [3.05, 3.63) is 89.9 Å². The van der Waals surface area contributed by atoms with Gasteiger partial charge in [0.25, 0.3) is 16.8 Å². The van der Waals surface area contributed by atoms with E-state index >= 15 is 0 Å². The van der Waals surface area contributed by atoms with E-state index in [9.17, 15) is 19.7 Å². The van der Waals surface area contributed by atoms with Crippen LogP contribution in [0.15, 0.2) is 72.9 Å². The van der Waals surface area contributed by atoms with Crippen LogP contribution in [0.5, 0.6) is 0 Å². The molecule has 7 nitrogen and oxygen atoms in total. The maximum Gasteiger partial charge on any atom is 0.293 e. The van der Waals surface area contributed by atoms with E-state index < -0.39 is 4.92 Å². The number of nitro benzene ring substituents is 1. The van der Waals surface area contributed by atoms with Gasteiger partial charge in [-0.05, 0) is 57.5 Å². The monoisotopic (exact) mass is 562 g/mol. The smallest absolute Gasteiger partial charge is 0.293 e. The molecule has 0 atom stereocenters. The molecule has 0 radical (unpaired) electrons. The van der Waals surface area contributed by atoms with Crippen molar-refractivity contribution in [2.75, 3.05) is 0 Å². The van der Waals surface area contributed by atoms with Gasteiger partial charge in [-0.25, -0.2) is 0 Å². The Bertz CT molecular complexity index is 1250. The number of nitrogens with zero attached hydrogens (tertiary/aromatic N) is 2. The number of benzene rings is 2. The lowest BCUT2D eigenvalue weighted by Gasteiger charge is -2.13. The van der Waals surface area contributed by atoms with E-state index in [2.05, 4.69) is 31.9 Å². The molecule has 1 aromatic heterocycles. The van der Waals surface area contributed by atoms with Crippen molar-refractivity contribution in [1.82, 2.24) is 4.90 Å². The summed E-state index contributed by atoms with van der Waals surface area (Å²) in [6.45, 7) is 0.169. The number of furan rings is 1. The summed E-state index contributed by atoms with van der Waals surface area (Å²) in [5, 5.41) is 10.6. The number of imide groups is 1. The maximum absolute atomic E-state index is 12.8. The molecule has 1 aliphatic rings. The molecule has 2 amide bonds. The number of nitro groups is 1. The summed E-state index contributed by atoms with van der Waals surface area (Å²) in [4.78, 5) is 37.0. The lowest BCUT2D eigenvalue weighted by atomic mass is 10.1. The van der Waals surface area contributed by atoms with Gasteiger partial charge in [-0.3, -0.25) is 24.6 Å². The minimum atomic E-state index is -0.480. The minimum Gasteiger partial charge on any atom is -0.457 e. The predicted molar refractivity (Wildman–Crippen MR) is 124 cm³/mol. The fourth-order valence-corrected chi connectivity index (χ4v) is 4.75. The van der Waals surface area contributed by atoms with E-state index in [1.54, 1.807) is 18.2 Å². The molecule has 2 aromatic carbocycles. The van der Waals surface area contributed by atoms with E-state index in [1.807, 2.05) is 24.3 Å². The van der Waals surface area contributed by atoms with Crippen LogP contribution in [0.2, 0.25) is 0 Å². The van der Waals surface area contributed by atoms with Gasteiger partial charge in [-0.1, -0.05) is 34.1 Å². The SMILES string of the molecule is O=C1S/C(=C/c2ccc(-c3ccc([N+](=O)[O-])cc3Br)o2)C(=O)N1Cc1ccccc1Br. The van der Waals surface area contributed by atoms with Gasteiger partial charge in [0.05, 0.1) is 16.4 Å². The molecule has 31 heavy (non-hydrogen) atoms. The van der Waals surface area contributed by atoms with Crippen LogP contribution in [-0.4, -0.2) is 21.0 Å². The van der Waals surface area contributed by atoms with Crippen molar-refractivity contribution in [3.8, 4) is 11.3 Å². The third kappa shape index (κ3) is 4.51. The molecule has 1 aliphatic heterocycles. The van der Waals surface area contributed by atoms with Crippen molar-refractivity contribution >= 4 is 66.5 Å². The summed E-state index contributed by atoms with van der Waals surface area (Å²) >= 11 is 7.60. The first-order chi connectivity index (χ1) is 14.8. The second-order valence-electron chi connectivity index (χ2n) is 6.48. The summed E-state index contributed by atoms with van der Waals surface area (Å²) in [6.07, 6.45) is 1.52. The van der Waals surface area contributed by atoms with Crippen LogP contribution in [0.1, 0.15) is 11.3 Å². The average Bonchev–Trinajstić information content (AvgIpc) is 3.29. The van der Waals surface area contributed by atoms with Crippen LogP contribution >= 0.6 is 43.6 Å². The number of thioether (sulfide) groups is 1. The van der Waals surface area contributed by atoms with Gasteiger partial charge in [-0.2, -0.15) is 0 Å². The molecule has 0 aliphatic carbocycles. The van der Waals surface area contributed by atoms with Crippen LogP contribution in [0.4, 0.5) is 10.5 Å². The first-order valence-electron chi connectivity index (χ1n) is 8.86. The second kappa shape index (κ2) is 8.81. The number of halogens is 2. The van der Waals surface area contributed by atoms with Gasteiger partial charge in [0.15, 0.2) is 0 Å². The van der Waals surface area contributed by atoms with Gasteiger partial charge in [0, 0.05) is 32.7 Å². The first kappa shape index (κ1) is 21.5. The summed E-state index contributed by atoms with van der Waals surface area (Å²) in [6, 6.07) is 15.1. The van der Waals surface area contributed by atoms with E-state index in [1.165, 1.54) is 23.1 Å². The Kier molecular flexibility index (Phi) is 6.12. The topological polar surface area (TPSA) is 93.7 Å². The lowest BCUT2D eigenvalue weighted by molar-refractivity contribution is -0.384. The zero-order chi connectivity index (χ0) is 22.1. The highest BCUT2D eigenvalue weighted by molar-refractivity contribution is 9.10. The molecule has 0 saturated carbocycles. The highest BCUT2D eigenvalue weighted by Gasteiger charge is 2.35. The second-order valence-corrected chi connectivity index (χ2v) is 9.18. The minimum absolute atomic E-state index is 0.0406. The summed E-state index contributed by atoms with van der Waals surface area (Å²) < 4.78 is 7.12. The summed E-state index contributed by atoms with van der Waals surface area (Å²) in [5.74, 6) is 0.479. The fraction of sp³-hybridized carbons (Fsp3) is 0.0476. The fourth-order valence-electron chi connectivity index (χ4n) is 2.96. The first-order valence-corrected chi connectivity index (χ1v) is 11.3. The van der Waals surface area contributed by atoms with Crippen molar-refractivity contribution in [1.29, 1.82) is 0 Å². The molecule has 4 rings (SSSR count). The molecule has 3 aromatic rings. The summed E-state index contributed by atoms with van der Waals surface area (Å²) in [7, 11) is 0. The van der Waals surface area contributed by atoms with Crippen LogP contribution < -0.4 is 0 Å². The van der Waals surface area contributed by atoms with E-state index in [0.717, 1.165) is 21.8 Å². The third-order valence-corrected chi connectivity index (χ3v) is 6.83. The van der Waals surface area contributed by atoms with E-state index in [4.69, 9.17) is 4.42 Å². The molecule has 10 heteroatoms. The molecule has 2 heterocycles. The molecule has 0 N–H and O–H groups in total. The van der Waals surface area contributed by atoms with Crippen LogP contribution in [0.3, 0.4) is 0 Å². The van der Waals surface area contributed by atoms with Crippen molar-refractivity contribution < 1.29 is 18.9 Å². The molecule has 0 spiro atoms. The number of amides is 2. The zero-order valence-corrected chi connectivity index (χ0v) is 19.6. The lowest BCUT2D eigenvalue weighted by Crippen LogP contribution is -2.27. The third-order valence-electron chi connectivity index (χ3n) is 4.49. The number of rotatable bonds is 5. The largest absolute Gasteiger partial charge is 0.457 e. The Balaban J connectivity index is 1.56. The van der Waals surface area contributed by atoms with Crippen LogP contribution in [-0.2, 0) is 11.3 Å². The Labute approximate surface area is 197 Å². The van der Waals surface area contributed by atoms with Crippen molar-refractivity contribution in [2.24, 2.45) is 0 Å². The molecule has 1 saturated heterocycles. The Morgan fingerprint density at radius 3 is 2.55 bits per heavy atom. The number of hydrogen-bond acceptors (Lipinski definition) is 6. The Morgan fingerprint density at radius 2 is 1.84 bits per heavy atom. The average molecular weight is 564 g/mol. The highest BCUT2D eigenvalue weighted by atomic mass is 79.9. The predicted octanol–water partition coefficient (Wildman–Crippen LogP) is 6.62.